The van der Waals surface area contributed by atoms with Gasteiger partial charge in [-0.3, -0.25) is 0 Å². The van der Waals surface area contributed by atoms with E-state index in [1.165, 1.54) is 69.8 Å². The van der Waals surface area contributed by atoms with Gasteiger partial charge >= 0.3 is 27.7 Å². The third-order valence-corrected chi connectivity index (χ3v) is 10.9. The minimum absolute atomic E-state index is 0.914. The maximum atomic E-state index is 5.03. The van der Waals surface area contributed by atoms with Gasteiger partial charge in [0.15, 0.2) is 0 Å². The molecule has 0 N–H and O–H groups in total. The van der Waals surface area contributed by atoms with Crippen LogP contribution in [0.1, 0.15) is 69.8 Å². The van der Waals surface area contributed by atoms with Crippen molar-refractivity contribution in [2.45, 2.75) is 82.4 Å². The van der Waals surface area contributed by atoms with Crippen molar-refractivity contribution in [1.29, 1.82) is 0 Å². The Balaban J connectivity index is 0.000000924. The molecular formula is C20H31ClPPd+. The van der Waals surface area contributed by atoms with E-state index in [-0.39, 0.29) is 0 Å². The molecule has 0 bridgehead atoms. The molecule has 0 atom stereocenters. The third kappa shape index (κ3) is 4.82. The van der Waals surface area contributed by atoms with Crippen molar-refractivity contribution in [2.75, 3.05) is 0 Å². The number of halogens is 1. The molecule has 0 radical (unpaired) electrons. The Kier molecular flexibility index (Phi) is 8.59. The van der Waals surface area contributed by atoms with Gasteiger partial charge < -0.3 is 0 Å². The molecule has 0 aliphatic heterocycles. The van der Waals surface area contributed by atoms with Crippen molar-refractivity contribution in [3.05, 3.63) is 36.5 Å². The molecule has 1 aromatic rings. The molecule has 2 aliphatic rings. The van der Waals surface area contributed by atoms with E-state index in [4.69, 9.17) is 6.66 Å². The molecule has 0 amide bonds. The SMILES string of the molecule is [CH2-][P+](c1ccc(C)cc1)(C1CCCCC1)C1CCCCC1.[Cl][Pd+]. The number of hydrogen-bond acceptors (Lipinski definition) is 0. The molecular weight excluding hydrogens is 413 g/mol. The van der Waals surface area contributed by atoms with Crippen LogP contribution < -0.4 is 5.30 Å². The maximum absolute atomic E-state index is 5.03. The zero-order valence-electron chi connectivity index (χ0n) is 14.4. The summed E-state index contributed by atoms with van der Waals surface area (Å²) in [6.45, 7) is 7.23. The Morgan fingerprint density at radius 2 is 1.22 bits per heavy atom. The van der Waals surface area contributed by atoms with Gasteiger partial charge in [-0.15, -0.1) is 0 Å². The number of hydrogen-bond donors (Lipinski definition) is 0. The molecule has 23 heavy (non-hydrogen) atoms. The zero-order valence-corrected chi connectivity index (χ0v) is 17.6. The second-order valence-corrected chi connectivity index (χ2v) is 11.2. The van der Waals surface area contributed by atoms with Crippen molar-refractivity contribution in [3.8, 4) is 0 Å². The normalized spacial score (nSPS) is 20.7. The first kappa shape index (κ1) is 19.9. The molecule has 2 fully saturated rings. The molecule has 2 saturated carbocycles. The quantitative estimate of drug-likeness (QED) is 0.274. The second-order valence-electron chi connectivity index (χ2n) is 7.35. The van der Waals surface area contributed by atoms with E-state index >= 15 is 0 Å². The van der Waals surface area contributed by atoms with Gasteiger partial charge in [0.2, 0.25) is 0 Å². The second kappa shape index (κ2) is 9.92. The Morgan fingerprint density at radius 3 is 1.61 bits per heavy atom. The zero-order chi connectivity index (χ0) is 16.7. The van der Waals surface area contributed by atoms with Crippen LogP contribution in [0.4, 0.5) is 0 Å². The Bertz CT molecular complexity index is 429. The molecule has 0 spiro atoms. The van der Waals surface area contributed by atoms with Crippen LogP contribution in [0.5, 0.6) is 0 Å². The van der Waals surface area contributed by atoms with Crippen LogP contribution in [-0.2, 0) is 18.2 Å². The van der Waals surface area contributed by atoms with Crippen LogP contribution in [0, 0.1) is 13.6 Å². The van der Waals surface area contributed by atoms with Gasteiger partial charge in [-0.2, -0.15) is 6.66 Å². The molecule has 2 aliphatic carbocycles. The van der Waals surface area contributed by atoms with Gasteiger partial charge in [-0.1, -0.05) is 37.8 Å². The van der Waals surface area contributed by atoms with Crippen molar-refractivity contribution in [1.82, 2.24) is 0 Å². The molecule has 0 unspecified atom stereocenters. The van der Waals surface area contributed by atoms with Gasteiger partial charge in [0, 0.05) is 11.3 Å². The Labute approximate surface area is 158 Å². The molecule has 0 aromatic heterocycles. The van der Waals surface area contributed by atoms with Gasteiger partial charge in [0.05, 0.1) is 5.30 Å². The third-order valence-electron chi connectivity index (χ3n) is 5.97. The predicted molar refractivity (Wildman–Crippen MR) is 103 cm³/mol. The topological polar surface area (TPSA) is 0 Å². The van der Waals surface area contributed by atoms with Crippen molar-refractivity contribution in [2.24, 2.45) is 0 Å². The van der Waals surface area contributed by atoms with E-state index < -0.39 is 7.26 Å². The average molecular weight is 444 g/mol. The van der Waals surface area contributed by atoms with Crippen LogP contribution >= 0.6 is 16.8 Å². The van der Waals surface area contributed by atoms with Crippen LogP contribution in [0.15, 0.2) is 24.3 Å². The minimum atomic E-state index is -1.24. The Hall–Kier alpha value is 0.602. The van der Waals surface area contributed by atoms with E-state index in [0.717, 1.165) is 11.3 Å². The molecule has 1 aromatic carbocycles. The van der Waals surface area contributed by atoms with Crippen molar-refractivity contribution >= 4 is 22.1 Å². The van der Waals surface area contributed by atoms with E-state index in [1.54, 1.807) is 5.30 Å². The number of benzene rings is 1. The van der Waals surface area contributed by atoms with Crippen molar-refractivity contribution < 1.29 is 18.2 Å². The summed E-state index contributed by atoms with van der Waals surface area (Å²) in [5.41, 5.74) is 3.21. The van der Waals surface area contributed by atoms with Crippen LogP contribution in [0.3, 0.4) is 0 Å². The van der Waals surface area contributed by atoms with Crippen molar-refractivity contribution in [3.63, 3.8) is 0 Å². The summed E-state index contributed by atoms with van der Waals surface area (Å²) in [4.78, 5) is 0. The predicted octanol–water partition coefficient (Wildman–Crippen LogP) is 6.78. The summed E-state index contributed by atoms with van der Waals surface area (Å²) in [5, 5.41) is 1.63. The monoisotopic (exact) mass is 443 g/mol. The van der Waals surface area contributed by atoms with Crippen LogP contribution in [-0.4, -0.2) is 11.3 Å². The van der Waals surface area contributed by atoms with E-state index in [0.29, 0.717) is 0 Å². The van der Waals surface area contributed by atoms with E-state index in [2.05, 4.69) is 58.9 Å². The first-order chi connectivity index (χ1) is 11.2. The fraction of sp³-hybridized carbons (Fsp3) is 0.650. The van der Waals surface area contributed by atoms with Crippen LogP contribution in [0.2, 0.25) is 0 Å². The Morgan fingerprint density at radius 1 is 0.826 bits per heavy atom. The standard InChI is InChI=1S/C20H31P.ClH.Pd/c1-17-13-15-20(16-14-17)21(2,18-9-5-3-6-10-18)19-11-7-4-8-12-19;;/h13-16,18-19H,2-12H2,1H3;1H;/q;;+2/p-1. The van der Waals surface area contributed by atoms with E-state index in [9.17, 15) is 0 Å². The summed E-state index contributed by atoms with van der Waals surface area (Å²) in [7, 11) is 3.25. The van der Waals surface area contributed by atoms with E-state index in [1.807, 2.05) is 0 Å². The summed E-state index contributed by atoms with van der Waals surface area (Å²) >= 11 is 2.22. The fourth-order valence-corrected chi connectivity index (χ4v) is 9.34. The summed E-state index contributed by atoms with van der Waals surface area (Å²) in [6, 6.07) is 9.50. The fourth-order valence-electron chi connectivity index (χ4n) is 4.63. The summed E-state index contributed by atoms with van der Waals surface area (Å²) < 4.78 is 0. The molecule has 3 heteroatoms. The van der Waals surface area contributed by atoms with Gasteiger partial charge in [0.25, 0.3) is 0 Å². The number of rotatable bonds is 3. The first-order valence-corrected chi connectivity index (χ1v) is 13.2. The van der Waals surface area contributed by atoms with Gasteiger partial charge in [-0.25, -0.2) is 0 Å². The molecule has 132 valence electrons. The summed E-state index contributed by atoms with van der Waals surface area (Å²) in [5.74, 6) is 0. The first-order valence-electron chi connectivity index (χ1n) is 9.13. The average Bonchev–Trinajstić information content (AvgIpc) is 2.65. The molecule has 3 rings (SSSR count). The molecule has 0 heterocycles. The summed E-state index contributed by atoms with van der Waals surface area (Å²) in [6.07, 6.45) is 14.5. The number of aryl methyl sites for hydroxylation is 1. The van der Waals surface area contributed by atoms with Gasteiger partial charge in [-0.05, 0) is 70.4 Å². The molecule has 0 saturated heterocycles. The van der Waals surface area contributed by atoms with Crippen LogP contribution in [0.25, 0.3) is 0 Å². The van der Waals surface area contributed by atoms with Gasteiger partial charge in [0.1, 0.15) is 0 Å². The molecule has 0 nitrogen and oxygen atoms in total.